The first-order chi connectivity index (χ1) is 9.90. The second-order valence-electron chi connectivity index (χ2n) is 4.66. The van der Waals surface area contributed by atoms with Crippen LogP contribution in [0.1, 0.15) is 40.7 Å². The van der Waals surface area contributed by atoms with E-state index >= 15 is 0 Å². The molecule has 21 heavy (non-hydrogen) atoms. The van der Waals surface area contributed by atoms with E-state index in [1.807, 2.05) is 13.8 Å². The minimum atomic E-state index is -0.225. The number of nitrogens with zero attached hydrogens (tertiary/aromatic N) is 2. The molecule has 1 aromatic carbocycles. The number of carbonyl (C=O) groups is 1. The molecule has 0 bridgehead atoms. The Morgan fingerprint density at radius 1 is 1.48 bits per heavy atom. The topological polar surface area (TPSA) is 80.9 Å². The molecule has 0 saturated carbocycles. The fourth-order valence-corrected chi connectivity index (χ4v) is 3.00. The monoisotopic (exact) mass is 384 g/mol. The highest BCUT2D eigenvalue weighted by molar-refractivity contribution is 9.10. The molecule has 0 saturated heterocycles. The third-order valence-corrected chi connectivity index (χ3v) is 4.40. The van der Waals surface area contributed by atoms with Crippen molar-refractivity contribution < 1.29 is 4.79 Å². The first-order valence-corrected chi connectivity index (χ1v) is 8.10. The normalized spacial score (nSPS) is 10.7. The number of aromatic nitrogens is 2. The van der Waals surface area contributed by atoms with E-state index in [2.05, 4.69) is 30.8 Å². The van der Waals surface area contributed by atoms with Crippen LogP contribution in [-0.2, 0) is 0 Å². The molecule has 3 N–H and O–H groups in total. The fraction of sp³-hybridized carbons (Fsp3) is 0.231. The van der Waals surface area contributed by atoms with Crippen molar-refractivity contribution in [2.24, 2.45) is 5.73 Å². The molecule has 2 rings (SSSR count). The maximum Gasteiger partial charge on any atom is 0.269 e. The van der Waals surface area contributed by atoms with Crippen LogP contribution < -0.4 is 11.1 Å². The van der Waals surface area contributed by atoms with Crippen molar-refractivity contribution in [3.05, 3.63) is 38.8 Å². The average Bonchev–Trinajstić information content (AvgIpc) is 2.90. The summed E-state index contributed by atoms with van der Waals surface area (Å²) >= 11 is 9.41. The molecule has 0 atom stereocenters. The van der Waals surface area contributed by atoms with E-state index in [0.29, 0.717) is 25.7 Å². The van der Waals surface area contributed by atoms with E-state index in [-0.39, 0.29) is 11.8 Å². The van der Waals surface area contributed by atoms with Crippen LogP contribution in [0.3, 0.4) is 0 Å². The molecule has 1 heterocycles. The van der Waals surface area contributed by atoms with Gasteiger partial charge in [0.2, 0.25) is 0 Å². The summed E-state index contributed by atoms with van der Waals surface area (Å²) in [7, 11) is 0. The third-order valence-electron chi connectivity index (χ3n) is 2.77. The summed E-state index contributed by atoms with van der Waals surface area (Å²) in [6.07, 6.45) is 0. The van der Waals surface area contributed by atoms with Crippen LogP contribution in [0.2, 0.25) is 0 Å². The summed E-state index contributed by atoms with van der Waals surface area (Å²) in [5, 5.41) is 6.83. The molecule has 0 radical (unpaired) electrons. The van der Waals surface area contributed by atoms with Crippen molar-refractivity contribution in [2.45, 2.75) is 19.8 Å². The molecule has 1 aromatic heterocycles. The van der Waals surface area contributed by atoms with E-state index in [4.69, 9.17) is 18.0 Å². The van der Waals surface area contributed by atoms with Gasteiger partial charge < -0.3 is 11.1 Å². The van der Waals surface area contributed by atoms with Gasteiger partial charge in [0.15, 0.2) is 0 Å². The number of carbonyl (C=O) groups excluding carboxylic acids is 1. The number of rotatable bonds is 4. The van der Waals surface area contributed by atoms with E-state index in [9.17, 15) is 4.79 Å². The molecule has 5 nitrogen and oxygen atoms in total. The Labute approximate surface area is 140 Å². The van der Waals surface area contributed by atoms with Gasteiger partial charge in [0.25, 0.3) is 5.91 Å². The van der Waals surface area contributed by atoms with Gasteiger partial charge in [0, 0.05) is 10.0 Å². The van der Waals surface area contributed by atoms with Crippen LogP contribution >= 0.6 is 39.7 Å². The maximum atomic E-state index is 12.3. The van der Waals surface area contributed by atoms with E-state index < -0.39 is 0 Å². The molecule has 0 unspecified atom stereocenters. The van der Waals surface area contributed by atoms with Crippen LogP contribution in [-0.4, -0.2) is 20.5 Å². The average molecular weight is 385 g/mol. The van der Waals surface area contributed by atoms with Gasteiger partial charge in [0.05, 0.1) is 11.4 Å². The maximum absolute atomic E-state index is 12.3. The lowest BCUT2D eigenvalue weighted by Crippen LogP contribution is -2.14. The van der Waals surface area contributed by atoms with Gasteiger partial charge in [-0.2, -0.15) is 0 Å². The molecule has 0 aliphatic carbocycles. The fourth-order valence-electron chi connectivity index (χ4n) is 1.68. The molecule has 2 aromatic rings. The number of anilines is 1. The van der Waals surface area contributed by atoms with Crippen molar-refractivity contribution >= 4 is 56.3 Å². The van der Waals surface area contributed by atoms with Crippen LogP contribution in [0, 0.1) is 0 Å². The Kier molecular flexibility index (Phi) is 5.02. The predicted octanol–water partition coefficient (Wildman–Crippen LogP) is 3.31. The standard InChI is InChI=1S/C13H13BrN4OS2/c1-6(2)10-11(21-18-17-10)13(19)16-9-4-3-7(12(15)20)5-8(9)14/h3-6H,1-2H3,(H2,15,20)(H,16,19). The summed E-state index contributed by atoms with van der Waals surface area (Å²) in [5.41, 5.74) is 7.65. The van der Waals surface area contributed by atoms with Crippen LogP contribution in [0.4, 0.5) is 5.69 Å². The lowest BCUT2D eigenvalue weighted by molar-refractivity contribution is 0.102. The van der Waals surface area contributed by atoms with Gasteiger partial charge in [-0.1, -0.05) is 30.6 Å². The molecular weight excluding hydrogens is 372 g/mol. The number of hydrogen-bond acceptors (Lipinski definition) is 5. The van der Waals surface area contributed by atoms with Gasteiger partial charge in [0.1, 0.15) is 9.87 Å². The highest BCUT2D eigenvalue weighted by Crippen LogP contribution is 2.26. The predicted molar refractivity (Wildman–Crippen MR) is 92.0 cm³/mol. The van der Waals surface area contributed by atoms with Crippen molar-refractivity contribution in [3.8, 4) is 0 Å². The number of halogens is 1. The van der Waals surface area contributed by atoms with Gasteiger partial charge in [-0.15, -0.1) is 5.10 Å². The number of thiocarbonyl (C=S) groups is 1. The third kappa shape index (κ3) is 3.63. The quantitative estimate of drug-likeness (QED) is 0.790. The zero-order valence-corrected chi connectivity index (χ0v) is 14.6. The molecule has 110 valence electrons. The van der Waals surface area contributed by atoms with Gasteiger partial charge >= 0.3 is 0 Å². The smallest absolute Gasteiger partial charge is 0.269 e. The number of nitrogens with two attached hydrogens (primary N) is 1. The first-order valence-electron chi connectivity index (χ1n) is 6.13. The lowest BCUT2D eigenvalue weighted by Gasteiger charge is -2.09. The molecule has 0 fully saturated rings. The zero-order valence-electron chi connectivity index (χ0n) is 11.4. The minimum absolute atomic E-state index is 0.143. The lowest BCUT2D eigenvalue weighted by atomic mass is 10.1. The zero-order chi connectivity index (χ0) is 15.6. The second kappa shape index (κ2) is 6.59. The largest absolute Gasteiger partial charge is 0.389 e. The van der Waals surface area contributed by atoms with Crippen molar-refractivity contribution in [1.29, 1.82) is 0 Å². The van der Waals surface area contributed by atoms with Crippen LogP contribution in [0.25, 0.3) is 0 Å². The summed E-state index contributed by atoms with van der Waals surface area (Å²) in [6, 6.07) is 5.28. The van der Waals surface area contributed by atoms with E-state index in [1.165, 1.54) is 0 Å². The van der Waals surface area contributed by atoms with Crippen LogP contribution in [0.5, 0.6) is 0 Å². The highest BCUT2D eigenvalue weighted by Gasteiger charge is 2.19. The van der Waals surface area contributed by atoms with Crippen molar-refractivity contribution in [2.75, 3.05) is 5.32 Å². The summed E-state index contributed by atoms with van der Waals surface area (Å²) in [6.45, 7) is 3.95. The number of hydrogen-bond donors (Lipinski definition) is 2. The summed E-state index contributed by atoms with van der Waals surface area (Å²) in [5.74, 6) is -0.0811. The Morgan fingerprint density at radius 2 is 2.19 bits per heavy atom. The molecular formula is C13H13BrN4OS2. The number of amides is 1. The van der Waals surface area contributed by atoms with Crippen LogP contribution in [0.15, 0.2) is 22.7 Å². The van der Waals surface area contributed by atoms with E-state index in [0.717, 1.165) is 17.1 Å². The van der Waals surface area contributed by atoms with Gasteiger partial charge in [-0.05, 0) is 51.6 Å². The molecule has 1 amide bonds. The van der Waals surface area contributed by atoms with E-state index in [1.54, 1.807) is 18.2 Å². The second-order valence-corrected chi connectivity index (χ2v) is 6.70. The Hall–Kier alpha value is -1.38. The van der Waals surface area contributed by atoms with Crippen molar-refractivity contribution in [3.63, 3.8) is 0 Å². The Morgan fingerprint density at radius 3 is 2.76 bits per heavy atom. The Bertz CT molecular complexity index is 699. The summed E-state index contributed by atoms with van der Waals surface area (Å²) < 4.78 is 4.56. The first kappa shape index (κ1) is 16.0. The Balaban J connectivity index is 2.24. The molecule has 8 heteroatoms. The highest BCUT2D eigenvalue weighted by atomic mass is 79.9. The summed E-state index contributed by atoms with van der Waals surface area (Å²) in [4.78, 5) is 13.2. The number of nitrogens with one attached hydrogen (secondary N) is 1. The number of benzene rings is 1. The molecule has 0 aliphatic rings. The SMILES string of the molecule is CC(C)c1nnsc1C(=O)Nc1ccc(C(N)=S)cc1Br. The van der Waals surface area contributed by atoms with Gasteiger partial charge in [-0.3, -0.25) is 4.79 Å². The molecule has 0 aliphatic heterocycles. The molecule has 0 spiro atoms. The minimum Gasteiger partial charge on any atom is -0.389 e. The van der Waals surface area contributed by atoms with Gasteiger partial charge in [-0.25, -0.2) is 0 Å². The van der Waals surface area contributed by atoms with Crippen molar-refractivity contribution in [1.82, 2.24) is 9.59 Å².